The van der Waals surface area contributed by atoms with Crippen molar-refractivity contribution in [1.82, 2.24) is 9.88 Å². The van der Waals surface area contributed by atoms with E-state index in [9.17, 15) is 4.79 Å². The highest BCUT2D eigenvalue weighted by Gasteiger charge is 2.24. The van der Waals surface area contributed by atoms with Crippen LogP contribution in [0.1, 0.15) is 30.1 Å². The van der Waals surface area contributed by atoms with Gasteiger partial charge in [0.2, 0.25) is 0 Å². The van der Waals surface area contributed by atoms with Crippen LogP contribution >= 0.6 is 11.8 Å². The summed E-state index contributed by atoms with van der Waals surface area (Å²) in [7, 11) is 1.90. The second-order valence-electron chi connectivity index (χ2n) is 4.79. The SMILES string of the molecule is CCCNc1cc(C(=O)N(C)C2CCSC2)ccn1. The molecule has 104 valence electrons. The van der Waals surface area contributed by atoms with Crippen molar-refractivity contribution in [3.63, 3.8) is 0 Å². The summed E-state index contributed by atoms with van der Waals surface area (Å²) in [5, 5.41) is 3.21. The topological polar surface area (TPSA) is 45.2 Å². The van der Waals surface area contributed by atoms with Crippen LogP contribution in [-0.4, -0.2) is 46.9 Å². The molecule has 1 amide bonds. The van der Waals surface area contributed by atoms with Gasteiger partial charge in [-0.05, 0) is 30.7 Å². The zero-order valence-corrected chi connectivity index (χ0v) is 12.4. The summed E-state index contributed by atoms with van der Waals surface area (Å²) in [6.45, 7) is 2.98. The Labute approximate surface area is 119 Å². The van der Waals surface area contributed by atoms with E-state index in [4.69, 9.17) is 0 Å². The van der Waals surface area contributed by atoms with Crippen molar-refractivity contribution in [3.8, 4) is 0 Å². The second kappa shape index (κ2) is 6.80. The van der Waals surface area contributed by atoms with Gasteiger partial charge in [-0.2, -0.15) is 11.8 Å². The minimum Gasteiger partial charge on any atom is -0.370 e. The zero-order chi connectivity index (χ0) is 13.7. The molecule has 4 nitrogen and oxygen atoms in total. The van der Waals surface area contributed by atoms with E-state index in [1.54, 1.807) is 12.3 Å². The van der Waals surface area contributed by atoms with Crippen molar-refractivity contribution in [1.29, 1.82) is 0 Å². The molecule has 1 aromatic heterocycles. The maximum absolute atomic E-state index is 12.4. The Bertz CT molecular complexity index is 432. The number of carbonyl (C=O) groups excluding carboxylic acids is 1. The first-order chi connectivity index (χ1) is 9.22. The number of amides is 1. The lowest BCUT2D eigenvalue weighted by Crippen LogP contribution is -2.37. The van der Waals surface area contributed by atoms with Crippen molar-refractivity contribution in [2.45, 2.75) is 25.8 Å². The fraction of sp³-hybridized carbons (Fsp3) is 0.571. The average Bonchev–Trinajstić information content (AvgIpc) is 2.98. The molecule has 0 saturated carbocycles. The first kappa shape index (κ1) is 14.2. The van der Waals surface area contributed by atoms with Gasteiger partial charge < -0.3 is 10.2 Å². The number of anilines is 1. The summed E-state index contributed by atoms with van der Waals surface area (Å²) in [6.07, 6.45) is 3.83. The molecule has 1 aliphatic heterocycles. The fourth-order valence-corrected chi connectivity index (χ4v) is 3.38. The van der Waals surface area contributed by atoms with Crippen LogP contribution in [0.2, 0.25) is 0 Å². The maximum Gasteiger partial charge on any atom is 0.254 e. The lowest BCUT2D eigenvalue weighted by molar-refractivity contribution is 0.0748. The molecule has 0 radical (unpaired) electrons. The number of pyridine rings is 1. The molecule has 0 spiro atoms. The van der Waals surface area contributed by atoms with Gasteiger partial charge >= 0.3 is 0 Å². The van der Waals surface area contributed by atoms with E-state index in [0.717, 1.165) is 36.7 Å². The highest BCUT2D eigenvalue weighted by molar-refractivity contribution is 7.99. The van der Waals surface area contributed by atoms with E-state index < -0.39 is 0 Å². The first-order valence-electron chi connectivity index (χ1n) is 6.77. The molecule has 1 saturated heterocycles. The third-order valence-electron chi connectivity index (χ3n) is 3.34. The molecule has 19 heavy (non-hydrogen) atoms. The molecule has 0 bridgehead atoms. The Balaban J connectivity index is 2.05. The fourth-order valence-electron chi connectivity index (χ4n) is 2.11. The van der Waals surface area contributed by atoms with Crippen LogP contribution in [0.15, 0.2) is 18.3 Å². The van der Waals surface area contributed by atoms with Crippen LogP contribution in [0.25, 0.3) is 0 Å². The molecule has 5 heteroatoms. The molecule has 1 aromatic rings. The monoisotopic (exact) mass is 279 g/mol. The van der Waals surface area contributed by atoms with Crippen molar-refractivity contribution < 1.29 is 4.79 Å². The van der Waals surface area contributed by atoms with Gasteiger partial charge in [0.25, 0.3) is 5.91 Å². The smallest absolute Gasteiger partial charge is 0.254 e. The van der Waals surface area contributed by atoms with E-state index in [-0.39, 0.29) is 5.91 Å². The predicted molar refractivity (Wildman–Crippen MR) is 80.8 cm³/mol. The quantitative estimate of drug-likeness (QED) is 0.899. The van der Waals surface area contributed by atoms with Crippen LogP contribution in [-0.2, 0) is 0 Å². The molecule has 2 heterocycles. The standard InChI is InChI=1S/C14H21N3OS/c1-3-6-15-13-9-11(4-7-16-13)14(18)17(2)12-5-8-19-10-12/h4,7,9,12H,3,5-6,8,10H2,1-2H3,(H,15,16). The molecular weight excluding hydrogens is 258 g/mol. The Morgan fingerprint density at radius 2 is 2.47 bits per heavy atom. The van der Waals surface area contributed by atoms with Crippen molar-refractivity contribution in [2.24, 2.45) is 0 Å². The third kappa shape index (κ3) is 3.62. The molecule has 1 unspecified atom stereocenters. The second-order valence-corrected chi connectivity index (χ2v) is 5.94. The van der Waals surface area contributed by atoms with Gasteiger partial charge in [-0.15, -0.1) is 0 Å². The van der Waals surface area contributed by atoms with E-state index in [1.807, 2.05) is 29.8 Å². The Kier molecular flexibility index (Phi) is 5.07. The number of nitrogens with one attached hydrogen (secondary N) is 1. The van der Waals surface area contributed by atoms with Crippen LogP contribution in [0.4, 0.5) is 5.82 Å². The summed E-state index contributed by atoms with van der Waals surface area (Å²) >= 11 is 1.92. The summed E-state index contributed by atoms with van der Waals surface area (Å²) in [5.74, 6) is 3.08. The maximum atomic E-state index is 12.4. The van der Waals surface area contributed by atoms with Crippen LogP contribution in [0.3, 0.4) is 0 Å². The largest absolute Gasteiger partial charge is 0.370 e. The third-order valence-corrected chi connectivity index (χ3v) is 4.48. The Morgan fingerprint density at radius 1 is 1.63 bits per heavy atom. The average molecular weight is 279 g/mol. The van der Waals surface area contributed by atoms with Gasteiger partial charge in [0, 0.05) is 37.1 Å². The number of hydrogen-bond donors (Lipinski definition) is 1. The van der Waals surface area contributed by atoms with E-state index in [2.05, 4.69) is 17.2 Å². The number of aromatic nitrogens is 1. The molecular formula is C14H21N3OS. The summed E-state index contributed by atoms with van der Waals surface area (Å²) in [5.41, 5.74) is 0.716. The number of hydrogen-bond acceptors (Lipinski definition) is 4. The summed E-state index contributed by atoms with van der Waals surface area (Å²) in [4.78, 5) is 18.5. The first-order valence-corrected chi connectivity index (χ1v) is 7.92. The van der Waals surface area contributed by atoms with Crippen LogP contribution in [0.5, 0.6) is 0 Å². The number of nitrogens with zero attached hydrogens (tertiary/aromatic N) is 2. The van der Waals surface area contributed by atoms with E-state index >= 15 is 0 Å². The number of rotatable bonds is 5. The minimum atomic E-state index is 0.0921. The summed E-state index contributed by atoms with van der Waals surface area (Å²) < 4.78 is 0. The van der Waals surface area contributed by atoms with Crippen LogP contribution < -0.4 is 5.32 Å². The molecule has 1 aliphatic rings. The van der Waals surface area contributed by atoms with E-state index in [0.29, 0.717) is 11.6 Å². The van der Waals surface area contributed by atoms with Gasteiger partial charge in [-0.1, -0.05) is 6.92 Å². The molecule has 0 aliphatic carbocycles. The molecule has 0 aromatic carbocycles. The van der Waals surface area contributed by atoms with Crippen LogP contribution in [0, 0.1) is 0 Å². The molecule has 1 fully saturated rings. The van der Waals surface area contributed by atoms with Crippen molar-refractivity contribution >= 4 is 23.5 Å². The highest BCUT2D eigenvalue weighted by Crippen LogP contribution is 2.22. The normalized spacial score (nSPS) is 18.3. The van der Waals surface area contributed by atoms with Gasteiger partial charge in [-0.3, -0.25) is 4.79 Å². The van der Waals surface area contributed by atoms with Gasteiger partial charge in [0.1, 0.15) is 5.82 Å². The minimum absolute atomic E-state index is 0.0921. The summed E-state index contributed by atoms with van der Waals surface area (Å²) in [6, 6.07) is 4.01. The van der Waals surface area contributed by atoms with Crippen molar-refractivity contribution in [2.75, 3.05) is 30.4 Å². The lowest BCUT2D eigenvalue weighted by atomic mass is 10.2. The van der Waals surface area contributed by atoms with Gasteiger partial charge in [0.15, 0.2) is 0 Å². The van der Waals surface area contributed by atoms with Gasteiger partial charge in [-0.25, -0.2) is 4.98 Å². The number of carbonyl (C=O) groups is 1. The molecule has 1 N–H and O–H groups in total. The number of thioether (sulfide) groups is 1. The lowest BCUT2D eigenvalue weighted by Gasteiger charge is -2.24. The Hall–Kier alpha value is -1.23. The Morgan fingerprint density at radius 3 is 3.16 bits per heavy atom. The van der Waals surface area contributed by atoms with E-state index in [1.165, 1.54) is 0 Å². The highest BCUT2D eigenvalue weighted by atomic mass is 32.2. The predicted octanol–water partition coefficient (Wildman–Crippen LogP) is 2.48. The zero-order valence-electron chi connectivity index (χ0n) is 11.6. The molecule has 2 rings (SSSR count). The molecule has 1 atom stereocenters. The van der Waals surface area contributed by atoms with Crippen molar-refractivity contribution in [3.05, 3.63) is 23.9 Å². The van der Waals surface area contributed by atoms with Gasteiger partial charge in [0.05, 0.1) is 0 Å².